The van der Waals surface area contributed by atoms with Gasteiger partial charge in [-0.15, -0.1) is 0 Å². The molecule has 146 valence electrons. The number of benzene rings is 2. The molecule has 0 aliphatic carbocycles. The molecular weight excluding hydrogens is 396 g/mol. The first kappa shape index (κ1) is 20.3. The standard InChI is InChI=1S/C21H21ClN2O3S/c1-3-6-14-11-17(15-9-10-19(27-2)18(22)12-15)21(24-13-14)16-7-4-5-8-20(16)28(23,25)26/h4-5,7-13H,3,6H2,1-2H3,(H2,23,25,26). The highest BCUT2D eigenvalue weighted by molar-refractivity contribution is 7.89. The molecule has 28 heavy (non-hydrogen) atoms. The largest absolute Gasteiger partial charge is 0.495 e. The van der Waals surface area contributed by atoms with Crippen LogP contribution in [0.3, 0.4) is 0 Å². The summed E-state index contributed by atoms with van der Waals surface area (Å²) in [5.41, 5.74) is 3.64. The van der Waals surface area contributed by atoms with Gasteiger partial charge < -0.3 is 4.74 Å². The topological polar surface area (TPSA) is 82.3 Å². The molecule has 2 aromatic carbocycles. The number of halogens is 1. The van der Waals surface area contributed by atoms with Crippen molar-refractivity contribution in [2.75, 3.05) is 7.11 Å². The highest BCUT2D eigenvalue weighted by Crippen LogP contribution is 2.37. The van der Waals surface area contributed by atoms with E-state index in [9.17, 15) is 8.42 Å². The second kappa shape index (κ2) is 8.31. The number of methoxy groups -OCH3 is 1. The lowest BCUT2D eigenvalue weighted by atomic mass is 9.96. The summed E-state index contributed by atoms with van der Waals surface area (Å²) < 4.78 is 29.4. The van der Waals surface area contributed by atoms with Gasteiger partial charge in [0.15, 0.2) is 0 Å². The minimum absolute atomic E-state index is 0.0339. The first-order valence-electron chi connectivity index (χ1n) is 8.80. The number of pyridine rings is 1. The number of hydrogen-bond donors (Lipinski definition) is 1. The van der Waals surface area contributed by atoms with E-state index in [0.717, 1.165) is 29.5 Å². The van der Waals surface area contributed by atoms with Crippen LogP contribution in [0.1, 0.15) is 18.9 Å². The number of primary sulfonamides is 1. The smallest absolute Gasteiger partial charge is 0.238 e. The fraction of sp³-hybridized carbons (Fsp3) is 0.190. The Bertz CT molecular complexity index is 1110. The number of aromatic nitrogens is 1. The molecule has 0 aliphatic heterocycles. The summed E-state index contributed by atoms with van der Waals surface area (Å²) in [6.07, 6.45) is 3.60. The maximum absolute atomic E-state index is 12.1. The van der Waals surface area contributed by atoms with E-state index < -0.39 is 10.0 Å². The normalized spacial score (nSPS) is 11.4. The van der Waals surface area contributed by atoms with Gasteiger partial charge in [-0.2, -0.15) is 0 Å². The molecule has 0 aliphatic rings. The number of hydrogen-bond acceptors (Lipinski definition) is 4. The highest BCUT2D eigenvalue weighted by Gasteiger charge is 2.19. The van der Waals surface area contributed by atoms with Crippen molar-refractivity contribution in [2.24, 2.45) is 5.14 Å². The van der Waals surface area contributed by atoms with Gasteiger partial charge in [0, 0.05) is 17.3 Å². The molecule has 5 nitrogen and oxygen atoms in total. The molecule has 3 rings (SSSR count). The van der Waals surface area contributed by atoms with Gasteiger partial charge in [-0.25, -0.2) is 13.6 Å². The van der Waals surface area contributed by atoms with Crippen LogP contribution in [0.2, 0.25) is 5.02 Å². The number of nitrogens with two attached hydrogens (primary N) is 1. The predicted octanol–water partition coefficient (Wildman–Crippen LogP) is 4.68. The van der Waals surface area contributed by atoms with Gasteiger partial charge in [0.1, 0.15) is 5.75 Å². The monoisotopic (exact) mass is 416 g/mol. The third kappa shape index (κ3) is 4.19. The van der Waals surface area contributed by atoms with E-state index in [1.54, 1.807) is 43.6 Å². The van der Waals surface area contributed by atoms with Crippen molar-refractivity contribution < 1.29 is 13.2 Å². The molecule has 0 amide bonds. The Balaban J connectivity index is 2.28. The van der Waals surface area contributed by atoms with Crippen molar-refractivity contribution in [1.29, 1.82) is 0 Å². The van der Waals surface area contributed by atoms with Crippen LogP contribution in [0, 0.1) is 0 Å². The zero-order valence-electron chi connectivity index (χ0n) is 15.6. The molecular formula is C21H21ClN2O3S. The summed E-state index contributed by atoms with van der Waals surface area (Å²) in [6.45, 7) is 2.09. The molecule has 0 spiro atoms. The molecule has 1 heterocycles. The predicted molar refractivity (Wildman–Crippen MR) is 112 cm³/mol. The van der Waals surface area contributed by atoms with Crippen LogP contribution in [0.25, 0.3) is 22.4 Å². The average molecular weight is 417 g/mol. The summed E-state index contributed by atoms with van der Waals surface area (Å²) in [7, 11) is -2.35. The molecule has 0 unspecified atom stereocenters. The number of ether oxygens (including phenoxy) is 1. The maximum Gasteiger partial charge on any atom is 0.238 e. The molecule has 0 fully saturated rings. The zero-order valence-corrected chi connectivity index (χ0v) is 17.2. The van der Waals surface area contributed by atoms with Gasteiger partial charge in [0.05, 0.1) is 22.7 Å². The van der Waals surface area contributed by atoms with Gasteiger partial charge in [0.25, 0.3) is 0 Å². The molecule has 0 radical (unpaired) electrons. The minimum Gasteiger partial charge on any atom is -0.495 e. The maximum atomic E-state index is 12.1. The Morgan fingerprint density at radius 2 is 1.86 bits per heavy atom. The number of sulfonamides is 1. The third-order valence-electron chi connectivity index (χ3n) is 4.39. The molecule has 0 saturated heterocycles. The summed E-state index contributed by atoms with van der Waals surface area (Å²) in [5, 5.41) is 5.89. The van der Waals surface area contributed by atoms with E-state index in [0.29, 0.717) is 22.0 Å². The van der Waals surface area contributed by atoms with Crippen LogP contribution < -0.4 is 9.88 Å². The second-order valence-electron chi connectivity index (χ2n) is 6.38. The fourth-order valence-corrected chi connectivity index (χ4v) is 4.11. The lowest BCUT2D eigenvalue weighted by Gasteiger charge is -2.15. The van der Waals surface area contributed by atoms with E-state index in [-0.39, 0.29) is 4.90 Å². The fourth-order valence-electron chi connectivity index (χ4n) is 3.11. The van der Waals surface area contributed by atoms with Crippen molar-refractivity contribution in [3.63, 3.8) is 0 Å². The Hall–Kier alpha value is -2.41. The van der Waals surface area contributed by atoms with E-state index in [4.69, 9.17) is 21.5 Å². The zero-order chi connectivity index (χ0) is 20.3. The van der Waals surface area contributed by atoms with E-state index in [2.05, 4.69) is 11.9 Å². The summed E-state index contributed by atoms with van der Waals surface area (Å²) in [5.74, 6) is 0.564. The Labute approximate surface area is 170 Å². The Morgan fingerprint density at radius 1 is 1.11 bits per heavy atom. The van der Waals surface area contributed by atoms with Crippen molar-refractivity contribution >= 4 is 21.6 Å². The quantitative estimate of drug-likeness (QED) is 0.632. The van der Waals surface area contributed by atoms with Gasteiger partial charge >= 0.3 is 0 Å². The van der Waals surface area contributed by atoms with Gasteiger partial charge in [-0.1, -0.05) is 49.2 Å². The lowest BCUT2D eigenvalue weighted by Crippen LogP contribution is -2.13. The molecule has 3 aromatic rings. The third-order valence-corrected chi connectivity index (χ3v) is 5.66. The summed E-state index contributed by atoms with van der Waals surface area (Å²) in [4.78, 5) is 4.63. The van der Waals surface area contributed by atoms with Gasteiger partial charge in [-0.3, -0.25) is 4.98 Å². The van der Waals surface area contributed by atoms with Crippen LogP contribution in [-0.4, -0.2) is 20.5 Å². The number of nitrogens with zero attached hydrogens (tertiary/aromatic N) is 1. The van der Waals surface area contributed by atoms with Crippen molar-refractivity contribution in [3.05, 3.63) is 65.3 Å². The Kier molecular flexibility index (Phi) is 6.03. The molecule has 1 aromatic heterocycles. The van der Waals surface area contributed by atoms with E-state index in [1.165, 1.54) is 6.07 Å². The van der Waals surface area contributed by atoms with Crippen LogP contribution in [0.4, 0.5) is 0 Å². The molecule has 7 heteroatoms. The van der Waals surface area contributed by atoms with E-state index in [1.807, 2.05) is 12.1 Å². The van der Waals surface area contributed by atoms with Crippen LogP contribution in [-0.2, 0) is 16.4 Å². The van der Waals surface area contributed by atoms with Crippen LogP contribution in [0.15, 0.2) is 59.6 Å². The van der Waals surface area contributed by atoms with Crippen molar-refractivity contribution in [2.45, 2.75) is 24.7 Å². The molecule has 0 bridgehead atoms. The van der Waals surface area contributed by atoms with Gasteiger partial charge in [-0.05, 0) is 41.8 Å². The first-order chi connectivity index (χ1) is 13.3. The first-order valence-corrected chi connectivity index (χ1v) is 10.7. The Morgan fingerprint density at radius 3 is 2.50 bits per heavy atom. The minimum atomic E-state index is -3.91. The molecule has 2 N–H and O–H groups in total. The highest BCUT2D eigenvalue weighted by atomic mass is 35.5. The summed E-state index contributed by atoms with van der Waals surface area (Å²) in [6, 6.07) is 14.0. The average Bonchev–Trinajstić information content (AvgIpc) is 2.67. The molecule has 0 atom stereocenters. The lowest BCUT2D eigenvalue weighted by molar-refractivity contribution is 0.415. The second-order valence-corrected chi connectivity index (χ2v) is 8.32. The molecule has 0 saturated carbocycles. The van der Waals surface area contributed by atoms with Crippen molar-refractivity contribution in [3.8, 4) is 28.1 Å². The number of aryl methyl sites for hydroxylation is 1. The van der Waals surface area contributed by atoms with Gasteiger partial charge in [0.2, 0.25) is 10.0 Å². The van der Waals surface area contributed by atoms with Crippen LogP contribution in [0.5, 0.6) is 5.75 Å². The number of rotatable bonds is 6. The van der Waals surface area contributed by atoms with Crippen molar-refractivity contribution in [1.82, 2.24) is 4.98 Å². The van der Waals surface area contributed by atoms with E-state index >= 15 is 0 Å². The SMILES string of the molecule is CCCc1cnc(-c2ccccc2S(N)(=O)=O)c(-c2ccc(OC)c(Cl)c2)c1. The summed E-state index contributed by atoms with van der Waals surface area (Å²) >= 11 is 6.32. The van der Waals surface area contributed by atoms with Crippen LogP contribution >= 0.6 is 11.6 Å².